The average molecular weight is 301 g/mol. The maximum atomic E-state index is 11.1. The lowest BCUT2D eigenvalue weighted by atomic mass is 10.1. The predicted molar refractivity (Wildman–Crippen MR) is 79.1 cm³/mol. The second-order valence-electron chi connectivity index (χ2n) is 4.21. The monoisotopic (exact) mass is 301 g/mol. The number of aromatic carboxylic acids is 1. The molecule has 1 aromatic carbocycles. The first-order chi connectivity index (χ1) is 10.4. The van der Waals surface area contributed by atoms with Crippen molar-refractivity contribution >= 4 is 23.4 Å². The van der Waals surface area contributed by atoms with Gasteiger partial charge in [0.05, 0.1) is 10.5 Å². The van der Waals surface area contributed by atoms with Gasteiger partial charge >= 0.3 is 5.97 Å². The third-order valence-corrected chi connectivity index (χ3v) is 2.65. The predicted octanol–water partition coefficient (Wildman–Crippen LogP) is 2.52. The Labute approximate surface area is 124 Å². The molecular formula is C14H11N3O5. The van der Waals surface area contributed by atoms with E-state index in [1.54, 1.807) is 13.0 Å². The number of hydrogen-bond acceptors (Lipinski definition) is 5. The molecule has 0 fully saturated rings. The average Bonchev–Trinajstić information content (AvgIpc) is 2.85. The largest absolute Gasteiger partial charge is 0.478 e. The van der Waals surface area contributed by atoms with Crippen LogP contribution in [0.3, 0.4) is 0 Å². The summed E-state index contributed by atoms with van der Waals surface area (Å²) in [6.45, 7) is 5.40. The number of amidine groups is 1. The maximum absolute atomic E-state index is 11.1. The molecular weight excluding hydrogens is 290 g/mol. The fourth-order valence-corrected chi connectivity index (χ4v) is 1.68. The molecule has 0 saturated carbocycles. The van der Waals surface area contributed by atoms with Crippen LogP contribution in [-0.4, -0.2) is 27.7 Å². The molecule has 1 aromatic rings. The molecule has 1 aliphatic rings. The third kappa shape index (κ3) is 3.06. The first-order valence-corrected chi connectivity index (χ1v) is 6.10. The molecule has 0 amide bonds. The molecule has 0 saturated heterocycles. The van der Waals surface area contributed by atoms with Gasteiger partial charge in [-0.05, 0) is 13.0 Å². The van der Waals surface area contributed by atoms with Crippen LogP contribution in [-0.2, 0) is 4.74 Å². The van der Waals surface area contributed by atoms with Crippen LogP contribution < -0.4 is 0 Å². The van der Waals surface area contributed by atoms with E-state index in [1.165, 1.54) is 18.3 Å². The molecule has 0 bridgehead atoms. The number of carboxylic acid groups (broad SMARTS) is 1. The van der Waals surface area contributed by atoms with Crippen LogP contribution in [0.4, 0.5) is 5.69 Å². The number of nitro groups is 1. The molecule has 0 atom stereocenters. The first-order valence-electron chi connectivity index (χ1n) is 6.10. The van der Waals surface area contributed by atoms with E-state index in [0.29, 0.717) is 0 Å². The summed E-state index contributed by atoms with van der Waals surface area (Å²) >= 11 is 0. The molecule has 1 aliphatic heterocycles. The van der Waals surface area contributed by atoms with Crippen molar-refractivity contribution in [2.75, 3.05) is 0 Å². The minimum atomic E-state index is -1.29. The van der Waals surface area contributed by atoms with Gasteiger partial charge in [-0.25, -0.2) is 9.79 Å². The molecule has 0 unspecified atom stereocenters. The Kier molecular flexibility index (Phi) is 4.12. The molecule has 112 valence electrons. The number of ether oxygens (including phenoxy) is 1. The summed E-state index contributed by atoms with van der Waals surface area (Å²) < 4.78 is 5.30. The Balaban J connectivity index is 2.51. The summed E-state index contributed by atoms with van der Waals surface area (Å²) in [7, 11) is 0. The van der Waals surface area contributed by atoms with Crippen LogP contribution in [0.15, 0.2) is 52.8 Å². The zero-order valence-corrected chi connectivity index (χ0v) is 11.5. The third-order valence-electron chi connectivity index (χ3n) is 2.65. The number of nitrogens with zero attached hydrogens (tertiary/aromatic N) is 3. The van der Waals surface area contributed by atoms with Gasteiger partial charge in [0.2, 0.25) is 5.90 Å². The van der Waals surface area contributed by atoms with E-state index in [0.717, 1.165) is 6.07 Å². The van der Waals surface area contributed by atoms with Gasteiger partial charge in [0.25, 0.3) is 5.69 Å². The van der Waals surface area contributed by atoms with Crippen molar-refractivity contribution in [2.45, 2.75) is 6.92 Å². The Morgan fingerprint density at radius 3 is 2.82 bits per heavy atom. The quantitative estimate of drug-likeness (QED) is 0.677. The van der Waals surface area contributed by atoms with E-state index in [1.807, 2.05) is 0 Å². The number of carboxylic acids is 1. The van der Waals surface area contributed by atoms with E-state index in [4.69, 9.17) is 9.84 Å². The molecule has 0 aromatic heterocycles. The van der Waals surface area contributed by atoms with Gasteiger partial charge in [0.15, 0.2) is 11.6 Å². The number of hydrogen-bond donors (Lipinski definition) is 1. The number of non-ortho nitro benzene ring substituents is 1. The standard InChI is InChI=1S/C14H11N3O5/c1-3-4-15-12-8(2)22-13(16-12)9-5-10(14(18)19)7-11(6-9)17(20)21/h3-7H,2H2,1H3,(H,18,19)/b4-3-,15-12?. The molecule has 0 radical (unpaired) electrons. The number of allylic oxidation sites excluding steroid dienone is 1. The van der Waals surface area contributed by atoms with Crippen LogP contribution in [0.25, 0.3) is 0 Å². The lowest BCUT2D eigenvalue weighted by Gasteiger charge is -2.03. The van der Waals surface area contributed by atoms with Crippen LogP contribution >= 0.6 is 0 Å². The summed E-state index contributed by atoms with van der Waals surface area (Å²) in [4.78, 5) is 29.3. The van der Waals surface area contributed by atoms with Crippen molar-refractivity contribution in [3.63, 3.8) is 0 Å². The van der Waals surface area contributed by atoms with E-state index in [2.05, 4.69) is 16.6 Å². The molecule has 1 heterocycles. The lowest BCUT2D eigenvalue weighted by molar-refractivity contribution is -0.384. The van der Waals surface area contributed by atoms with Crippen molar-refractivity contribution in [3.05, 3.63) is 64.1 Å². The highest BCUT2D eigenvalue weighted by Crippen LogP contribution is 2.22. The van der Waals surface area contributed by atoms with Gasteiger partial charge in [0, 0.05) is 23.9 Å². The van der Waals surface area contributed by atoms with Crippen LogP contribution in [0, 0.1) is 10.1 Å². The van der Waals surface area contributed by atoms with Crippen molar-refractivity contribution in [1.29, 1.82) is 0 Å². The lowest BCUT2D eigenvalue weighted by Crippen LogP contribution is -2.05. The number of nitro benzene ring substituents is 1. The van der Waals surface area contributed by atoms with Gasteiger partial charge in [-0.1, -0.05) is 12.7 Å². The molecule has 0 aliphatic carbocycles. The van der Waals surface area contributed by atoms with Crippen LogP contribution in [0.2, 0.25) is 0 Å². The summed E-state index contributed by atoms with van der Waals surface area (Å²) in [6.07, 6.45) is 3.18. The zero-order chi connectivity index (χ0) is 16.3. The Bertz CT molecular complexity index is 729. The van der Waals surface area contributed by atoms with Gasteiger partial charge in [-0.3, -0.25) is 10.1 Å². The van der Waals surface area contributed by atoms with E-state index in [-0.39, 0.29) is 34.3 Å². The molecule has 22 heavy (non-hydrogen) atoms. The van der Waals surface area contributed by atoms with E-state index < -0.39 is 10.9 Å². The molecule has 8 heteroatoms. The fraction of sp³-hybridized carbons (Fsp3) is 0.0714. The van der Waals surface area contributed by atoms with Gasteiger partial charge < -0.3 is 9.84 Å². The second-order valence-corrected chi connectivity index (χ2v) is 4.21. The SMILES string of the molecule is C=C1OC(c2cc(C(=O)O)cc([N+](=O)[O-])c2)=NC1=N/C=C\C. The summed E-state index contributed by atoms with van der Waals surface area (Å²) in [5.74, 6) is -0.877. The highest BCUT2D eigenvalue weighted by atomic mass is 16.6. The summed E-state index contributed by atoms with van der Waals surface area (Å²) in [5, 5.41) is 19.9. The number of benzene rings is 1. The Morgan fingerprint density at radius 2 is 2.23 bits per heavy atom. The molecule has 2 rings (SSSR count). The summed E-state index contributed by atoms with van der Waals surface area (Å²) in [6, 6.07) is 3.38. The van der Waals surface area contributed by atoms with Crippen molar-refractivity contribution in [2.24, 2.45) is 9.98 Å². The topological polar surface area (TPSA) is 114 Å². The van der Waals surface area contributed by atoms with E-state index in [9.17, 15) is 14.9 Å². The molecule has 8 nitrogen and oxygen atoms in total. The maximum Gasteiger partial charge on any atom is 0.335 e. The van der Waals surface area contributed by atoms with Crippen molar-refractivity contribution in [3.8, 4) is 0 Å². The van der Waals surface area contributed by atoms with Crippen LogP contribution in [0.5, 0.6) is 0 Å². The Morgan fingerprint density at radius 1 is 1.50 bits per heavy atom. The highest BCUT2D eigenvalue weighted by Gasteiger charge is 2.23. The first kappa shape index (κ1) is 15.1. The number of rotatable bonds is 4. The Hall–Kier alpha value is -3.29. The van der Waals surface area contributed by atoms with Gasteiger partial charge in [-0.2, -0.15) is 4.99 Å². The molecule has 1 N–H and O–H groups in total. The summed E-state index contributed by atoms with van der Waals surface area (Å²) in [5.41, 5.74) is -0.441. The normalized spacial score (nSPS) is 16.0. The minimum Gasteiger partial charge on any atom is -0.478 e. The van der Waals surface area contributed by atoms with Crippen molar-refractivity contribution < 1.29 is 19.6 Å². The fourth-order valence-electron chi connectivity index (χ4n) is 1.68. The van der Waals surface area contributed by atoms with Crippen LogP contribution in [0.1, 0.15) is 22.8 Å². The van der Waals surface area contributed by atoms with Gasteiger partial charge in [0.1, 0.15) is 0 Å². The smallest absolute Gasteiger partial charge is 0.335 e. The zero-order valence-electron chi connectivity index (χ0n) is 11.5. The van der Waals surface area contributed by atoms with E-state index >= 15 is 0 Å². The van der Waals surface area contributed by atoms with Crippen molar-refractivity contribution in [1.82, 2.24) is 0 Å². The number of carbonyl (C=O) groups is 1. The minimum absolute atomic E-state index is 0.0134. The highest BCUT2D eigenvalue weighted by molar-refractivity contribution is 6.15. The molecule has 0 spiro atoms. The number of aliphatic imine (C=N–C) groups is 2. The second kappa shape index (κ2) is 6.00. The van der Waals surface area contributed by atoms with Gasteiger partial charge in [-0.15, -0.1) is 0 Å².